The number of carbonyl (C=O) groups excluding carboxylic acids is 3. The minimum Gasteiger partial charge on any atom is -0.508 e. The molecule has 3 N–H and O–H groups in total. The van der Waals surface area contributed by atoms with Crippen LogP contribution in [0.2, 0.25) is 5.02 Å². The molecule has 9 heteroatoms. The predicted octanol–water partition coefficient (Wildman–Crippen LogP) is 7.02. The van der Waals surface area contributed by atoms with E-state index >= 15 is 0 Å². The lowest BCUT2D eigenvalue weighted by Gasteiger charge is -2.35. The first-order chi connectivity index (χ1) is 20.6. The van der Waals surface area contributed by atoms with Gasteiger partial charge in [-0.15, -0.1) is 0 Å². The zero-order chi connectivity index (χ0) is 32.3. The minimum atomic E-state index is -1.05. The van der Waals surface area contributed by atoms with Crippen LogP contribution in [0.15, 0.2) is 60.7 Å². The molecule has 8 nitrogen and oxygen atoms in total. The van der Waals surface area contributed by atoms with Crippen molar-refractivity contribution in [3.63, 3.8) is 0 Å². The van der Waals surface area contributed by atoms with Crippen molar-refractivity contribution >= 4 is 35.2 Å². The third-order valence-electron chi connectivity index (χ3n) is 7.60. The number of phenolic OH excluding ortho intramolecular Hbond substituents is 1. The van der Waals surface area contributed by atoms with E-state index in [-0.39, 0.29) is 24.1 Å². The van der Waals surface area contributed by atoms with Gasteiger partial charge in [0.25, 0.3) is 5.91 Å². The molecule has 0 heterocycles. The van der Waals surface area contributed by atoms with Crippen molar-refractivity contribution in [3.05, 3.63) is 93.5 Å². The second-order valence-electron chi connectivity index (χ2n) is 12.8. The van der Waals surface area contributed by atoms with Crippen molar-refractivity contribution in [3.8, 4) is 5.75 Å². The fourth-order valence-electron chi connectivity index (χ4n) is 5.46. The number of alkyl carbamates (subject to hydrolysis) is 1. The molecular weight excluding hydrogens is 578 g/mol. The number of aryl methyl sites for hydroxylation is 3. The molecule has 4 unspecified atom stereocenters. The molecule has 3 aromatic carbocycles. The molecule has 3 aromatic rings. The summed E-state index contributed by atoms with van der Waals surface area (Å²) in [6, 6.07) is 15.4. The number of halogens is 1. The van der Waals surface area contributed by atoms with Gasteiger partial charge in [0.2, 0.25) is 5.91 Å². The van der Waals surface area contributed by atoms with Gasteiger partial charge in [0.1, 0.15) is 23.4 Å². The Morgan fingerprint density at radius 3 is 2.18 bits per heavy atom. The molecule has 0 aromatic heterocycles. The molecule has 0 radical (unpaired) electrons. The lowest BCUT2D eigenvalue weighted by Crippen LogP contribution is -2.54. The van der Waals surface area contributed by atoms with E-state index in [0.717, 1.165) is 22.3 Å². The average Bonchev–Trinajstić information content (AvgIpc) is 3.63. The number of nitrogens with one attached hydrogen (secondary N) is 2. The van der Waals surface area contributed by atoms with Gasteiger partial charge in [-0.3, -0.25) is 9.59 Å². The Balaban J connectivity index is 1.80. The van der Waals surface area contributed by atoms with E-state index in [1.165, 1.54) is 12.1 Å². The summed E-state index contributed by atoms with van der Waals surface area (Å²) in [5.74, 6) is -0.572. The van der Waals surface area contributed by atoms with Gasteiger partial charge in [-0.2, -0.15) is 0 Å². The third-order valence-corrected chi connectivity index (χ3v) is 7.92. The summed E-state index contributed by atoms with van der Waals surface area (Å²) in [4.78, 5) is 43.7. The van der Waals surface area contributed by atoms with Crippen molar-refractivity contribution in [2.45, 2.75) is 85.0 Å². The lowest BCUT2D eigenvalue weighted by molar-refractivity contribution is -0.141. The van der Waals surface area contributed by atoms with Crippen molar-refractivity contribution in [1.29, 1.82) is 0 Å². The standard InChI is InChI=1S/C35H42ClN3O5/c1-20-15-21(2)17-25(16-20)31(32(41)38-30-22(3)9-8-10-27(30)36)39(29-18-23(29)4)33(42)28(37-34(43)44-35(5,6)7)19-24-11-13-26(40)14-12-24/h8-17,23,28-29,31,40H,18-19H2,1-7H3,(H,37,43)(H,38,41). The molecule has 0 aliphatic heterocycles. The molecular formula is C35H42ClN3O5. The molecule has 234 valence electrons. The second-order valence-corrected chi connectivity index (χ2v) is 13.2. The minimum absolute atomic E-state index is 0.0894. The van der Waals surface area contributed by atoms with Crippen LogP contribution < -0.4 is 10.6 Å². The zero-order valence-electron chi connectivity index (χ0n) is 26.4. The summed E-state index contributed by atoms with van der Waals surface area (Å²) in [5, 5.41) is 16.0. The first-order valence-corrected chi connectivity index (χ1v) is 15.2. The number of benzene rings is 3. The molecule has 3 amide bonds. The summed E-state index contributed by atoms with van der Waals surface area (Å²) >= 11 is 6.50. The molecule has 0 saturated heterocycles. The summed E-state index contributed by atoms with van der Waals surface area (Å²) < 4.78 is 5.53. The largest absolute Gasteiger partial charge is 0.508 e. The highest BCUT2D eigenvalue weighted by molar-refractivity contribution is 6.34. The summed E-state index contributed by atoms with van der Waals surface area (Å²) in [5.41, 5.74) is 3.79. The number of hydrogen-bond acceptors (Lipinski definition) is 5. The van der Waals surface area contributed by atoms with E-state index in [2.05, 4.69) is 10.6 Å². The van der Waals surface area contributed by atoms with Crippen molar-refractivity contribution < 1.29 is 24.2 Å². The van der Waals surface area contributed by atoms with E-state index in [1.54, 1.807) is 43.9 Å². The van der Waals surface area contributed by atoms with Gasteiger partial charge >= 0.3 is 6.09 Å². The van der Waals surface area contributed by atoms with Crippen molar-refractivity contribution in [2.75, 3.05) is 5.32 Å². The van der Waals surface area contributed by atoms with Crippen LogP contribution in [-0.2, 0) is 20.7 Å². The summed E-state index contributed by atoms with van der Waals surface area (Å²) in [6.07, 6.45) is 0.0995. The fraction of sp³-hybridized carbons (Fsp3) is 0.400. The van der Waals surface area contributed by atoms with E-state index in [4.69, 9.17) is 16.3 Å². The Hall–Kier alpha value is -4.04. The van der Waals surface area contributed by atoms with Gasteiger partial charge in [0, 0.05) is 12.5 Å². The van der Waals surface area contributed by atoms with Crippen LogP contribution in [0.1, 0.15) is 68.0 Å². The number of aromatic hydroxyl groups is 1. The quantitative estimate of drug-likeness (QED) is 0.238. The number of ether oxygens (including phenoxy) is 1. The van der Waals surface area contributed by atoms with Crippen LogP contribution >= 0.6 is 11.6 Å². The molecule has 1 saturated carbocycles. The van der Waals surface area contributed by atoms with E-state index in [1.807, 2.05) is 58.0 Å². The van der Waals surface area contributed by atoms with Gasteiger partial charge in [0.05, 0.1) is 10.7 Å². The SMILES string of the molecule is Cc1cc(C)cc(C(C(=O)Nc2c(C)cccc2Cl)N(C(=O)C(Cc2ccc(O)cc2)NC(=O)OC(C)(C)C)C2CC2C)c1. The van der Waals surface area contributed by atoms with Gasteiger partial charge < -0.3 is 25.4 Å². The fourth-order valence-corrected chi connectivity index (χ4v) is 5.73. The molecule has 4 rings (SSSR count). The second kappa shape index (κ2) is 13.3. The monoisotopic (exact) mass is 619 g/mol. The number of nitrogens with zero attached hydrogens (tertiary/aromatic N) is 1. The predicted molar refractivity (Wildman–Crippen MR) is 173 cm³/mol. The van der Waals surface area contributed by atoms with Gasteiger partial charge in [-0.25, -0.2) is 4.79 Å². The number of carbonyl (C=O) groups is 3. The van der Waals surface area contributed by atoms with Crippen LogP contribution in [0.4, 0.5) is 10.5 Å². The van der Waals surface area contributed by atoms with E-state index in [0.29, 0.717) is 22.7 Å². The number of anilines is 1. The molecule has 44 heavy (non-hydrogen) atoms. The van der Waals surface area contributed by atoms with Crippen LogP contribution in [0, 0.1) is 26.7 Å². The smallest absolute Gasteiger partial charge is 0.408 e. The number of hydrogen-bond donors (Lipinski definition) is 3. The number of phenols is 1. The van der Waals surface area contributed by atoms with Crippen molar-refractivity contribution in [1.82, 2.24) is 10.2 Å². The van der Waals surface area contributed by atoms with Gasteiger partial charge in [-0.1, -0.05) is 72.1 Å². The maximum absolute atomic E-state index is 14.7. The molecule has 1 fully saturated rings. The maximum atomic E-state index is 14.7. The maximum Gasteiger partial charge on any atom is 0.408 e. The normalized spacial score (nSPS) is 17.3. The third kappa shape index (κ3) is 8.32. The van der Waals surface area contributed by atoms with Gasteiger partial charge in [0.15, 0.2) is 0 Å². The Labute approximate surface area is 264 Å². The first kappa shape index (κ1) is 32.9. The van der Waals surface area contributed by atoms with Crippen molar-refractivity contribution in [2.24, 2.45) is 5.92 Å². The first-order valence-electron chi connectivity index (χ1n) is 14.9. The molecule has 1 aliphatic rings. The highest BCUT2D eigenvalue weighted by atomic mass is 35.5. The van der Waals surface area contributed by atoms with Crippen LogP contribution in [-0.4, -0.2) is 45.6 Å². The van der Waals surface area contributed by atoms with E-state index < -0.39 is 35.6 Å². The number of para-hydroxylation sites is 1. The van der Waals surface area contributed by atoms with Gasteiger partial charge in [-0.05, 0) is 88.8 Å². The Morgan fingerprint density at radius 2 is 1.64 bits per heavy atom. The zero-order valence-corrected chi connectivity index (χ0v) is 27.2. The topological polar surface area (TPSA) is 108 Å². The Kier molecular flexibility index (Phi) is 9.94. The summed E-state index contributed by atoms with van der Waals surface area (Å²) in [6.45, 7) is 13.0. The Morgan fingerprint density at radius 1 is 1.02 bits per heavy atom. The van der Waals surface area contributed by atoms with Crippen LogP contribution in [0.5, 0.6) is 5.75 Å². The molecule has 0 bridgehead atoms. The Bertz CT molecular complexity index is 1490. The van der Waals surface area contributed by atoms with E-state index in [9.17, 15) is 19.5 Å². The molecule has 1 aliphatic carbocycles. The highest BCUT2D eigenvalue weighted by Crippen LogP contribution is 2.42. The van der Waals surface area contributed by atoms with Crippen LogP contribution in [0.3, 0.4) is 0 Å². The summed E-state index contributed by atoms with van der Waals surface area (Å²) in [7, 11) is 0. The highest BCUT2D eigenvalue weighted by Gasteiger charge is 2.48. The molecule has 4 atom stereocenters. The molecule has 0 spiro atoms. The number of rotatable bonds is 9. The van der Waals surface area contributed by atoms with Crippen LogP contribution in [0.25, 0.3) is 0 Å². The average molecular weight is 620 g/mol. The number of amides is 3. The lowest BCUT2D eigenvalue weighted by atomic mass is 9.97.